The Morgan fingerprint density at radius 1 is 1.00 bits per heavy atom. The molecule has 25 heavy (non-hydrogen) atoms. The Balaban J connectivity index is 2.14. The van der Waals surface area contributed by atoms with Gasteiger partial charge in [-0.3, -0.25) is 0 Å². The molecule has 0 aliphatic heterocycles. The lowest BCUT2D eigenvalue weighted by atomic mass is 10.0. The first kappa shape index (κ1) is 15.3. The van der Waals surface area contributed by atoms with Gasteiger partial charge in [0, 0.05) is 28.0 Å². The fraction of sp³-hybridized carbons (Fsp3) is 0.0952. The lowest BCUT2D eigenvalue weighted by Gasteiger charge is -2.09. The van der Waals surface area contributed by atoms with Crippen LogP contribution >= 0.6 is 0 Å². The van der Waals surface area contributed by atoms with Crippen molar-refractivity contribution in [2.24, 2.45) is 0 Å². The minimum absolute atomic E-state index is 0.152. The molecule has 3 aromatic carbocycles. The summed E-state index contributed by atoms with van der Waals surface area (Å²) in [5, 5.41) is 12.7. The van der Waals surface area contributed by atoms with Crippen LogP contribution in [0.5, 0.6) is 5.75 Å². The van der Waals surface area contributed by atoms with Crippen LogP contribution in [0.25, 0.3) is 27.4 Å². The molecule has 0 fully saturated rings. The molecular weight excluding hydrogens is 314 g/mol. The number of para-hydroxylation sites is 1. The lowest BCUT2D eigenvalue weighted by Crippen LogP contribution is -2.03. The van der Waals surface area contributed by atoms with Crippen molar-refractivity contribution in [2.45, 2.75) is 6.92 Å². The molecule has 1 N–H and O–H groups in total. The van der Waals surface area contributed by atoms with Crippen LogP contribution in [0.2, 0.25) is 0 Å². The molecule has 0 saturated carbocycles. The van der Waals surface area contributed by atoms with Gasteiger partial charge in [-0.05, 0) is 25.1 Å². The smallest absolute Gasteiger partial charge is 0.340 e. The molecule has 4 nitrogen and oxygen atoms in total. The number of aromatic hydroxyl groups is 1. The molecule has 0 amide bonds. The highest BCUT2D eigenvalue weighted by atomic mass is 16.5. The van der Waals surface area contributed by atoms with E-state index < -0.39 is 5.97 Å². The number of phenols is 1. The molecule has 0 aliphatic carbocycles. The highest BCUT2D eigenvalue weighted by molar-refractivity contribution is 6.15. The Morgan fingerprint density at radius 2 is 1.68 bits per heavy atom. The number of nitrogens with zero attached hydrogens (tertiary/aromatic N) is 1. The Bertz CT molecular complexity index is 1080. The molecular formula is C21H17NO3. The van der Waals surface area contributed by atoms with Gasteiger partial charge >= 0.3 is 5.97 Å². The van der Waals surface area contributed by atoms with Crippen LogP contribution in [0.15, 0.2) is 66.9 Å². The highest BCUT2D eigenvalue weighted by Gasteiger charge is 2.20. The van der Waals surface area contributed by atoms with E-state index in [1.807, 2.05) is 59.2 Å². The molecule has 0 saturated heterocycles. The Labute approximate surface area is 144 Å². The zero-order valence-corrected chi connectivity index (χ0v) is 13.8. The second-order valence-electron chi connectivity index (χ2n) is 5.81. The summed E-state index contributed by atoms with van der Waals surface area (Å²) in [5.74, 6) is -0.240. The van der Waals surface area contributed by atoms with E-state index in [0.29, 0.717) is 17.6 Å². The van der Waals surface area contributed by atoms with Crippen molar-refractivity contribution >= 4 is 27.6 Å². The third-order valence-electron chi connectivity index (χ3n) is 4.31. The molecule has 0 unspecified atom stereocenters. The largest absolute Gasteiger partial charge is 0.507 e. The van der Waals surface area contributed by atoms with Gasteiger partial charge in [-0.1, -0.05) is 42.5 Å². The van der Waals surface area contributed by atoms with Gasteiger partial charge in [-0.2, -0.15) is 0 Å². The monoisotopic (exact) mass is 331 g/mol. The van der Waals surface area contributed by atoms with Gasteiger partial charge in [0.2, 0.25) is 0 Å². The summed E-state index contributed by atoms with van der Waals surface area (Å²) in [4.78, 5) is 12.4. The van der Waals surface area contributed by atoms with Crippen LogP contribution in [0.1, 0.15) is 17.3 Å². The van der Waals surface area contributed by atoms with Crippen molar-refractivity contribution in [2.75, 3.05) is 6.61 Å². The number of carbonyl (C=O) groups excluding carboxylic acids is 1. The van der Waals surface area contributed by atoms with Crippen molar-refractivity contribution in [3.63, 3.8) is 0 Å². The van der Waals surface area contributed by atoms with E-state index in [-0.39, 0.29) is 5.75 Å². The number of benzene rings is 3. The molecule has 124 valence electrons. The zero-order valence-electron chi connectivity index (χ0n) is 13.8. The number of aromatic nitrogens is 1. The maximum atomic E-state index is 12.4. The molecule has 4 heteroatoms. The van der Waals surface area contributed by atoms with Crippen molar-refractivity contribution in [1.82, 2.24) is 4.57 Å². The van der Waals surface area contributed by atoms with Gasteiger partial charge in [-0.15, -0.1) is 0 Å². The molecule has 0 atom stereocenters. The van der Waals surface area contributed by atoms with Gasteiger partial charge in [0.15, 0.2) is 0 Å². The first-order valence-corrected chi connectivity index (χ1v) is 8.19. The number of hydrogen-bond acceptors (Lipinski definition) is 3. The number of carbonyl (C=O) groups is 1. The van der Waals surface area contributed by atoms with E-state index in [9.17, 15) is 9.90 Å². The predicted molar refractivity (Wildman–Crippen MR) is 98.4 cm³/mol. The maximum absolute atomic E-state index is 12.4. The second kappa shape index (κ2) is 5.98. The number of ether oxygens (including phenoxy) is 1. The standard InChI is InChI=1S/C21H17NO3/c1-2-25-21(24)18-13-22(14-8-4-3-5-9-14)20-16-11-7-6-10-15(16)19(23)12-17(18)20/h3-13,23H,2H2,1H3. The van der Waals surface area contributed by atoms with Gasteiger partial charge in [0.05, 0.1) is 17.7 Å². The van der Waals surface area contributed by atoms with Crippen LogP contribution in [0, 0.1) is 0 Å². The van der Waals surface area contributed by atoms with Gasteiger partial charge in [0.1, 0.15) is 5.75 Å². The molecule has 0 radical (unpaired) electrons. The molecule has 1 heterocycles. The van der Waals surface area contributed by atoms with Crippen LogP contribution in [-0.4, -0.2) is 22.2 Å². The van der Waals surface area contributed by atoms with Gasteiger partial charge in [-0.25, -0.2) is 4.79 Å². The summed E-state index contributed by atoms with van der Waals surface area (Å²) in [7, 11) is 0. The van der Waals surface area contributed by atoms with Gasteiger partial charge < -0.3 is 14.4 Å². The van der Waals surface area contributed by atoms with E-state index in [4.69, 9.17) is 4.74 Å². The fourth-order valence-corrected chi connectivity index (χ4v) is 3.23. The molecule has 4 aromatic rings. The first-order chi connectivity index (χ1) is 12.2. The van der Waals surface area contributed by atoms with E-state index in [1.54, 1.807) is 19.2 Å². The third kappa shape index (κ3) is 2.43. The topological polar surface area (TPSA) is 51.5 Å². The number of hydrogen-bond donors (Lipinski definition) is 1. The highest BCUT2D eigenvalue weighted by Crippen LogP contribution is 2.37. The van der Waals surface area contributed by atoms with Gasteiger partial charge in [0.25, 0.3) is 0 Å². The normalized spacial score (nSPS) is 11.1. The van der Waals surface area contributed by atoms with Crippen LogP contribution in [0.3, 0.4) is 0 Å². The van der Waals surface area contributed by atoms with E-state index in [2.05, 4.69) is 0 Å². The molecule has 0 aliphatic rings. The zero-order chi connectivity index (χ0) is 17.4. The quantitative estimate of drug-likeness (QED) is 0.555. The maximum Gasteiger partial charge on any atom is 0.340 e. The lowest BCUT2D eigenvalue weighted by molar-refractivity contribution is 0.0528. The summed E-state index contributed by atoms with van der Waals surface area (Å²) in [6.07, 6.45) is 1.78. The van der Waals surface area contributed by atoms with Crippen LogP contribution in [-0.2, 0) is 4.74 Å². The van der Waals surface area contributed by atoms with Crippen molar-refractivity contribution < 1.29 is 14.6 Å². The minimum Gasteiger partial charge on any atom is -0.507 e. The molecule has 0 spiro atoms. The Kier molecular flexibility index (Phi) is 3.65. The predicted octanol–water partition coefficient (Wildman–Crippen LogP) is 4.67. The molecule has 0 bridgehead atoms. The average molecular weight is 331 g/mol. The number of fused-ring (bicyclic) bond motifs is 3. The van der Waals surface area contributed by atoms with Crippen LogP contribution in [0.4, 0.5) is 0 Å². The number of rotatable bonds is 3. The minimum atomic E-state index is -0.392. The summed E-state index contributed by atoms with van der Waals surface area (Å²) >= 11 is 0. The van der Waals surface area contributed by atoms with Crippen LogP contribution < -0.4 is 0 Å². The Morgan fingerprint density at radius 3 is 2.40 bits per heavy atom. The SMILES string of the molecule is CCOC(=O)c1cn(-c2ccccc2)c2c1cc(O)c1ccccc12. The second-order valence-corrected chi connectivity index (χ2v) is 5.81. The van der Waals surface area contributed by atoms with E-state index in [0.717, 1.165) is 22.0 Å². The summed E-state index contributed by atoms with van der Waals surface area (Å²) in [6.45, 7) is 2.08. The number of phenolic OH excluding ortho intramolecular Hbond substituents is 1. The summed E-state index contributed by atoms with van der Waals surface area (Å²) in [5.41, 5.74) is 2.27. The Hall–Kier alpha value is -3.27. The fourth-order valence-electron chi connectivity index (χ4n) is 3.23. The average Bonchev–Trinajstić information content (AvgIpc) is 3.02. The third-order valence-corrected chi connectivity index (χ3v) is 4.31. The van der Waals surface area contributed by atoms with Crippen molar-refractivity contribution in [1.29, 1.82) is 0 Å². The van der Waals surface area contributed by atoms with E-state index >= 15 is 0 Å². The van der Waals surface area contributed by atoms with Crippen molar-refractivity contribution in [3.05, 3.63) is 72.4 Å². The number of esters is 1. The van der Waals surface area contributed by atoms with Crippen molar-refractivity contribution in [3.8, 4) is 11.4 Å². The van der Waals surface area contributed by atoms with E-state index in [1.165, 1.54) is 0 Å². The molecule has 1 aromatic heterocycles. The first-order valence-electron chi connectivity index (χ1n) is 8.19. The molecule has 4 rings (SSSR count). The summed E-state index contributed by atoms with van der Waals surface area (Å²) < 4.78 is 7.18. The summed E-state index contributed by atoms with van der Waals surface area (Å²) in [6, 6.07) is 19.1.